The van der Waals surface area contributed by atoms with Gasteiger partial charge in [0.25, 0.3) is 0 Å². The molecule has 0 aliphatic carbocycles. The molecule has 0 saturated heterocycles. The molecule has 0 saturated carbocycles. The van der Waals surface area contributed by atoms with Crippen molar-refractivity contribution in [2.75, 3.05) is 12.4 Å². The Bertz CT molecular complexity index is 1290. The smallest absolute Gasteiger partial charge is 0.237 e. The van der Waals surface area contributed by atoms with Gasteiger partial charge in [-0.05, 0) is 49.7 Å². The van der Waals surface area contributed by atoms with Gasteiger partial charge in [0.15, 0.2) is 0 Å². The van der Waals surface area contributed by atoms with E-state index in [2.05, 4.69) is 22.2 Å². The van der Waals surface area contributed by atoms with Crippen LogP contribution in [0, 0.1) is 6.92 Å². The first-order chi connectivity index (χ1) is 15.4. The Morgan fingerprint density at radius 3 is 2.69 bits per heavy atom. The fourth-order valence-corrected chi connectivity index (χ4v) is 5.45. The average molecular weight is 486 g/mol. The average Bonchev–Trinajstić information content (AvgIpc) is 3.13. The molecule has 0 fully saturated rings. The number of carbonyl (C=O) groups is 1. The second-order valence-corrected chi connectivity index (χ2v) is 10.0. The van der Waals surface area contributed by atoms with E-state index < -0.39 is 5.25 Å². The van der Waals surface area contributed by atoms with E-state index in [4.69, 9.17) is 16.3 Å². The minimum Gasteiger partial charge on any atom is -0.506 e. The second-order valence-electron chi connectivity index (χ2n) is 7.03. The molecule has 0 aliphatic rings. The largest absolute Gasteiger partial charge is 0.506 e. The van der Waals surface area contributed by atoms with Gasteiger partial charge in [-0.25, -0.2) is 9.97 Å². The Kier molecular flexibility index (Phi) is 6.55. The number of phenolic OH excluding ortho intramolecular Hbond substituents is 1. The number of aromatic hydroxyl groups is 1. The predicted molar refractivity (Wildman–Crippen MR) is 131 cm³/mol. The lowest BCUT2D eigenvalue weighted by atomic mass is 10.0. The summed E-state index contributed by atoms with van der Waals surface area (Å²) in [7, 11) is 1.64. The van der Waals surface area contributed by atoms with Crippen molar-refractivity contribution in [2.24, 2.45) is 0 Å². The monoisotopic (exact) mass is 485 g/mol. The maximum atomic E-state index is 12.8. The fraction of sp³-hybridized carbons (Fsp3) is 0.174. The zero-order chi connectivity index (χ0) is 22.8. The number of nitrogens with one attached hydrogen (secondary N) is 1. The van der Waals surface area contributed by atoms with Crippen LogP contribution in [0.3, 0.4) is 0 Å². The summed E-state index contributed by atoms with van der Waals surface area (Å²) in [5.74, 6) is 0.475. The molecular formula is C23H20ClN3O3S2. The fourth-order valence-electron chi connectivity index (χ4n) is 3.28. The van der Waals surface area contributed by atoms with Crippen molar-refractivity contribution in [1.82, 2.24) is 9.97 Å². The van der Waals surface area contributed by atoms with Crippen molar-refractivity contribution in [3.63, 3.8) is 0 Å². The van der Waals surface area contributed by atoms with Crippen molar-refractivity contribution in [1.29, 1.82) is 0 Å². The van der Waals surface area contributed by atoms with Crippen LogP contribution in [0.25, 0.3) is 21.3 Å². The molecule has 2 aromatic carbocycles. The number of hydrogen-bond donors (Lipinski definition) is 2. The number of aromatic nitrogens is 2. The van der Waals surface area contributed by atoms with Crippen LogP contribution in [0.15, 0.2) is 53.8 Å². The molecule has 4 rings (SSSR count). The number of halogens is 1. The van der Waals surface area contributed by atoms with Crippen molar-refractivity contribution in [3.8, 4) is 22.6 Å². The summed E-state index contributed by atoms with van der Waals surface area (Å²) >= 11 is 8.92. The van der Waals surface area contributed by atoms with E-state index in [1.54, 1.807) is 31.4 Å². The van der Waals surface area contributed by atoms with Gasteiger partial charge < -0.3 is 15.2 Å². The maximum Gasteiger partial charge on any atom is 0.237 e. The third-order valence-corrected chi connectivity index (χ3v) is 7.23. The molecule has 1 atom stereocenters. The molecule has 32 heavy (non-hydrogen) atoms. The van der Waals surface area contributed by atoms with Crippen molar-refractivity contribution >= 4 is 56.5 Å². The van der Waals surface area contributed by atoms with Crippen molar-refractivity contribution in [2.45, 2.75) is 24.1 Å². The highest BCUT2D eigenvalue weighted by atomic mass is 35.5. The first kappa shape index (κ1) is 22.4. The Labute approximate surface area is 198 Å². The molecular weight excluding hydrogens is 466 g/mol. The van der Waals surface area contributed by atoms with Gasteiger partial charge in [0.2, 0.25) is 5.91 Å². The van der Waals surface area contributed by atoms with E-state index >= 15 is 0 Å². The highest BCUT2D eigenvalue weighted by Gasteiger charge is 2.22. The van der Waals surface area contributed by atoms with Gasteiger partial charge >= 0.3 is 0 Å². The number of phenols is 1. The van der Waals surface area contributed by atoms with Crippen LogP contribution in [0.4, 0.5) is 5.69 Å². The normalized spacial score (nSPS) is 12.0. The summed E-state index contributed by atoms with van der Waals surface area (Å²) in [6.45, 7) is 3.85. The number of thioether (sulfide) groups is 1. The highest BCUT2D eigenvalue weighted by molar-refractivity contribution is 8.00. The van der Waals surface area contributed by atoms with Gasteiger partial charge in [0.05, 0.1) is 23.4 Å². The lowest BCUT2D eigenvalue weighted by Gasteiger charge is -2.14. The van der Waals surface area contributed by atoms with E-state index in [1.807, 2.05) is 24.3 Å². The summed E-state index contributed by atoms with van der Waals surface area (Å²) in [6, 6.07) is 12.4. The zero-order valence-electron chi connectivity index (χ0n) is 17.5. The van der Waals surface area contributed by atoms with E-state index in [1.165, 1.54) is 30.2 Å². The minimum atomic E-state index is -0.476. The van der Waals surface area contributed by atoms with Gasteiger partial charge in [-0.3, -0.25) is 4.79 Å². The summed E-state index contributed by atoms with van der Waals surface area (Å²) < 4.78 is 5.27. The summed E-state index contributed by atoms with van der Waals surface area (Å²) in [6.07, 6.45) is 1.52. The number of hydrogen-bond acceptors (Lipinski definition) is 7. The lowest BCUT2D eigenvalue weighted by molar-refractivity contribution is -0.115. The van der Waals surface area contributed by atoms with Gasteiger partial charge in [0, 0.05) is 15.5 Å². The number of thiophene rings is 1. The number of amides is 1. The molecule has 0 radical (unpaired) electrons. The van der Waals surface area contributed by atoms with E-state index in [0.29, 0.717) is 5.02 Å². The Morgan fingerprint density at radius 1 is 1.22 bits per heavy atom. The topological polar surface area (TPSA) is 84.3 Å². The number of anilines is 1. The Balaban J connectivity index is 1.65. The molecule has 0 bridgehead atoms. The van der Waals surface area contributed by atoms with E-state index in [-0.39, 0.29) is 17.3 Å². The lowest BCUT2D eigenvalue weighted by Crippen LogP contribution is -2.22. The number of ether oxygens (including phenoxy) is 1. The third kappa shape index (κ3) is 4.53. The molecule has 0 spiro atoms. The Morgan fingerprint density at radius 2 is 1.97 bits per heavy atom. The first-order valence-electron chi connectivity index (χ1n) is 9.72. The van der Waals surface area contributed by atoms with Crippen LogP contribution in [0.5, 0.6) is 11.5 Å². The number of rotatable bonds is 6. The van der Waals surface area contributed by atoms with Crippen LogP contribution in [0.1, 0.15) is 11.8 Å². The van der Waals surface area contributed by atoms with E-state index in [9.17, 15) is 9.90 Å². The van der Waals surface area contributed by atoms with Crippen LogP contribution in [-0.4, -0.2) is 33.3 Å². The molecule has 2 heterocycles. The SMILES string of the molecule is COc1ccc(-c2c(C)sc3ncnc(SC(C)C(=O)Nc4cc(Cl)ccc4O)c23)cc1. The molecule has 1 amide bonds. The molecule has 9 heteroatoms. The first-order valence-corrected chi connectivity index (χ1v) is 11.8. The standard InChI is InChI=1S/C23H20ClN3O3S2/c1-12-19(14-4-7-16(30-3)8-5-14)20-22(31-12)25-11-26-23(20)32-13(2)21(29)27-17-10-15(24)6-9-18(17)28/h4-11,13,28H,1-3H3,(H,27,29). The number of benzene rings is 2. The third-order valence-electron chi connectivity index (χ3n) is 4.88. The quantitative estimate of drug-likeness (QED) is 0.193. The number of nitrogens with zero attached hydrogens (tertiary/aromatic N) is 2. The van der Waals surface area contributed by atoms with Crippen molar-refractivity contribution in [3.05, 3.63) is 58.7 Å². The van der Waals surface area contributed by atoms with Crippen LogP contribution < -0.4 is 10.1 Å². The summed E-state index contributed by atoms with van der Waals surface area (Å²) in [4.78, 5) is 23.7. The molecule has 2 aromatic heterocycles. The predicted octanol–water partition coefficient (Wildman–Crippen LogP) is 6.15. The van der Waals surface area contributed by atoms with Crippen LogP contribution >= 0.6 is 34.7 Å². The number of carbonyl (C=O) groups excluding carboxylic acids is 1. The van der Waals surface area contributed by atoms with Gasteiger partial charge in [0.1, 0.15) is 27.7 Å². The number of methoxy groups -OCH3 is 1. The van der Waals surface area contributed by atoms with Crippen LogP contribution in [-0.2, 0) is 4.79 Å². The summed E-state index contributed by atoms with van der Waals surface area (Å²) in [5, 5.41) is 14.3. The molecule has 6 nitrogen and oxygen atoms in total. The summed E-state index contributed by atoms with van der Waals surface area (Å²) in [5.41, 5.74) is 2.36. The van der Waals surface area contributed by atoms with E-state index in [0.717, 1.165) is 37.0 Å². The highest BCUT2D eigenvalue weighted by Crippen LogP contribution is 2.42. The zero-order valence-corrected chi connectivity index (χ0v) is 19.9. The van der Waals surface area contributed by atoms with Gasteiger partial charge in [-0.2, -0.15) is 0 Å². The number of aryl methyl sites for hydroxylation is 1. The molecule has 4 aromatic rings. The maximum absolute atomic E-state index is 12.8. The van der Waals surface area contributed by atoms with Crippen molar-refractivity contribution < 1.29 is 14.6 Å². The number of fused-ring (bicyclic) bond motifs is 1. The molecule has 0 aliphatic heterocycles. The van der Waals surface area contributed by atoms with Gasteiger partial charge in [-0.1, -0.05) is 35.5 Å². The van der Waals surface area contributed by atoms with Gasteiger partial charge in [-0.15, -0.1) is 11.3 Å². The molecule has 1 unspecified atom stereocenters. The van der Waals surface area contributed by atoms with Crippen LogP contribution in [0.2, 0.25) is 5.02 Å². The molecule has 164 valence electrons. The second kappa shape index (κ2) is 9.36. The Hall–Kier alpha value is -2.81. The molecule has 2 N–H and O–H groups in total. The minimum absolute atomic E-state index is 0.0420.